The number of rotatable bonds is 4. The zero-order valence-corrected chi connectivity index (χ0v) is 18.0. The second-order valence-corrected chi connectivity index (χ2v) is 8.26. The Kier molecular flexibility index (Phi) is 5.38. The van der Waals surface area contributed by atoms with Gasteiger partial charge in [0.1, 0.15) is 17.4 Å². The Morgan fingerprint density at radius 1 is 1.15 bits per heavy atom. The Bertz CT molecular complexity index is 1280. The number of hydrogen-bond donors (Lipinski definition) is 2. The quantitative estimate of drug-likeness (QED) is 0.604. The number of furan rings is 1. The number of anilines is 1. The van der Waals surface area contributed by atoms with Crippen LogP contribution < -0.4 is 10.6 Å². The zero-order chi connectivity index (χ0) is 22.9. The molecule has 2 N–H and O–H groups in total. The van der Waals surface area contributed by atoms with Crippen LogP contribution in [-0.4, -0.2) is 16.7 Å². The van der Waals surface area contributed by atoms with E-state index in [1.165, 1.54) is 12.1 Å². The largest absolute Gasteiger partial charge is 0.469 e. The molecule has 0 bridgehead atoms. The summed E-state index contributed by atoms with van der Waals surface area (Å²) in [7, 11) is 0. The predicted molar refractivity (Wildman–Crippen MR) is 121 cm³/mol. The highest BCUT2D eigenvalue weighted by Gasteiger charge is 2.41. The van der Waals surface area contributed by atoms with Crippen molar-refractivity contribution in [2.24, 2.45) is 0 Å². The van der Waals surface area contributed by atoms with Gasteiger partial charge >= 0.3 is 0 Å². The van der Waals surface area contributed by atoms with Crippen molar-refractivity contribution >= 4 is 17.5 Å². The van der Waals surface area contributed by atoms with Crippen molar-refractivity contribution in [1.29, 1.82) is 0 Å². The van der Waals surface area contributed by atoms with E-state index in [0.717, 1.165) is 11.5 Å². The van der Waals surface area contributed by atoms with Crippen LogP contribution in [-0.2, 0) is 9.59 Å². The maximum Gasteiger partial charge on any atom is 0.255 e. The third-order valence-corrected chi connectivity index (χ3v) is 6.11. The summed E-state index contributed by atoms with van der Waals surface area (Å²) in [5.41, 5.74) is 2.78. The van der Waals surface area contributed by atoms with E-state index >= 15 is 0 Å². The molecule has 1 aliphatic carbocycles. The van der Waals surface area contributed by atoms with Crippen molar-refractivity contribution in [1.82, 2.24) is 10.3 Å². The van der Waals surface area contributed by atoms with Crippen LogP contribution in [0.1, 0.15) is 42.9 Å². The van der Waals surface area contributed by atoms with Gasteiger partial charge in [-0.2, -0.15) is 0 Å². The summed E-state index contributed by atoms with van der Waals surface area (Å²) in [5.74, 6) is -0.537. The van der Waals surface area contributed by atoms with Gasteiger partial charge in [-0.05, 0) is 55.3 Å². The molecule has 6 nitrogen and oxygen atoms in total. The average molecular weight is 443 g/mol. The Morgan fingerprint density at radius 2 is 2.03 bits per heavy atom. The van der Waals surface area contributed by atoms with Gasteiger partial charge in [-0.3, -0.25) is 9.59 Å². The molecule has 7 heteroatoms. The number of carbonyl (C=O) groups is 2. The smallest absolute Gasteiger partial charge is 0.255 e. The number of allylic oxidation sites excluding steroid dienone is 3. The topological polar surface area (TPSA) is 84.2 Å². The van der Waals surface area contributed by atoms with Crippen molar-refractivity contribution in [3.8, 4) is 0 Å². The van der Waals surface area contributed by atoms with Gasteiger partial charge in [-0.15, -0.1) is 0 Å². The summed E-state index contributed by atoms with van der Waals surface area (Å²) in [4.78, 5) is 31.0. The first-order valence-corrected chi connectivity index (χ1v) is 10.8. The monoisotopic (exact) mass is 443 g/mol. The first-order chi connectivity index (χ1) is 16.0. The van der Waals surface area contributed by atoms with Crippen LogP contribution in [0.25, 0.3) is 0 Å². The average Bonchev–Trinajstić information content (AvgIpc) is 3.33. The van der Waals surface area contributed by atoms with Crippen LogP contribution in [0.4, 0.5) is 10.2 Å². The second-order valence-electron chi connectivity index (χ2n) is 8.26. The highest BCUT2D eigenvalue weighted by Crippen LogP contribution is 2.45. The van der Waals surface area contributed by atoms with E-state index in [1.54, 1.807) is 55.8 Å². The SMILES string of the molecule is CC1=C(C(=O)Nc2ccccn2)[C@H](c2cccc(F)c2)C2=C(C[C@H](c3ccco3)CC2=O)N1. The van der Waals surface area contributed by atoms with E-state index in [4.69, 9.17) is 4.42 Å². The molecule has 1 aliphatic heterocycles. The van der Waals surface area contributed by atoms with Gasteiger partial charge in [0.2, 0.25) is 0 Å². The number of amides is 1. The molecule has 0 unspecified atom stereocenters. The van der Waals surface area contributed by atoms with Crippen molar-refractivity contribution < 1.29 is 18.4 Å². The van der Waals surface area contributed by atoms with Crippen LogP contribution in [0.2, 0.25) is 0 Å². The summed E-state index contributed by atoms with van der Waals surface area (Å²) in [6.45, 7) is 1.80. The molecular formula is C26H22FN3O3. The van der Waals surface area contributed by atoms with Gasteiger partial charge in [-0.25, -0.2) is 9.37 Å². The maximum atomic E-state index is 14.2. The Labute approximate surface area is 190 Å². The van der Waals surface area contributed by atoms with Crippen LogP contribution in [0.3, 0.4) is 0 Å². The molecular weight excluding hydrogens is 421 g/mol. The number of halogens is 1. The van der Waals surface area contributed by atoms with E-state index < -0.39 is 11.7 Å². The minimum atomic E-state index is -0.689. The maximum absolute atomic E-state index is 14.2. The molecule has 0 saturated carbocycles. The fourth-order valence-electron chi connectivity index (χ4n) is 4.70. The number of nitrogens with zero attached hydrogens (tertiary/aromatic N) is 1. The number of Topliss-reactive ketones (excluding diaryl/α,β-unsaturated/α-hetero) is 1. The summed E-state index contributed by atoms with van der Waals surface area (Å²) in [6.07, 6.45) is 4.00. The lowest BCUT2D eigenvalue weighted by Gasteiger charge is -2.36. The number of ketones is 1. The fourth-order valence-corrected chi connectivity index (χ4v) is 4.70. The molecule has 0 fully saturated rings. The zero-order valence-electron chi connectivity index (χ0n) is 18.0. The van der Waals surface area contributed by atoms with E-state index in [0.29, 0.717) is 34.6 Å². The minimum absolute atomic E-state index is 0.0879. The molecule has 5 rings (SSSR count). The standard InChI is InChI=1S/C26H22FN3O3/c1-15-23(26(32)30-22-9-2-3-10-28-22)24(16-6-4-7-18(27)12-16)25-19(29-15)13-17(14-20(25)31)21-8-5-11-33-21/h2-12,17,24,29H,13-14H2,1H3,(H,28,30,32)/t17-,24-/m0/s1. The molecule has 0 spiro atoms. The normalized spacial score (nSPS) is 20.4. The number of nitrogens with one attached hydrogen (secondary N) is 2. The number of hydrogen-bond acceptors (Lipinski definition) is 5. The van der Waals surface area contributed by atoms with Gasteiger partial charge in [-0.1, -0.05) is 18.2 Å². The summed E-state index contributed by atoms with van der Waals surface area (Å²) < 4.78 is 19.8. The van der Waals surface area contributed by atoms with Crippen molar-refractivity contribution in [2.45, 2.75) is 31.6 Å². The van der Waals surface area contributed by atoms with Crippen LogP contribution in [0, 0.1) is 5.82 Å². The molecule has 1 aromatic carbocycles. The van der Waals surface area contributed by atoms with Gasteiger partial charge in [0.05, 0.1) is 6.26 Å². The highest BCUT2D eigenvalue weighted by atomic mass is 19.1. The summed E-state index contributed by atoms with van der Waals surface area (Å²) in [6, 6.07) is 15.0. The third-order valence-electron chi connectivity index (χ3n) is 6.11. The number of aromatic nitrogens is 1. The number of dihydropyridines is 1. The lowest BCUT2D eigenvalue weighted by molar-refractivity contribution is -0.116. The van der Waals surface area contributed by atoms with Gasteiger partial charge in [0.25, 0.3) is 5.91 Å². The lowest BCUT2D eigenvalue weighted by Crippen LogP contribution is -2.37. The first-order valence-electron chi connectivity index (χ1n) is 10.8. The van der Waals surface area contributed by atoms with Crippen molar-refractivity contribution in [3.05, 3.63) is 107 Å². The molecule has 0 saturated heterocycles. The summed E-state index contributed by atoms with van der Waals surface area (Å²) >= 11 is 0. The van der Waals surface area contributed by atoms with Gasteiger partial charge in [0.15, 0.2) is 5.78 Å². The lowest BCUT2D eigenvalue weighted by atomic mass is 9.72. The van der Waals surface area contributed by atoms with Crippen molar-refractivity contribution in [2.75, 3.05) is 5.32 Å². The van der Waals surface area contributed by atoms with Gasteiger partial charge in [0, 0.05) is 47.0 Å². The Balaban J connectivity index is 1.58. The molecule has 0 radical (unpaired) electrons. The van der Waals surface area contributed by atoms with Crippen LogP contribution >= 0.6 is 0 Å². The Morgan fingerprint density at radius 3 is 2.76 bits per heavy atom. The highest BCUT2D eigenvalue weighted by molar-refractivity contribution is 6.09. The molecule has 2 aliphatic rings. The molecule has 1 amide bonds. The molecule has 33 heavy (non-hydrogen) atoms. The minimum Gasteiger partial charge on any atom is -0.469 e. The molecule has 3 aromatic rings. The summed E-state index contributed by atoms with van der Waals surface area (Å²) in [5, 5.41) is 6.10. The number of carbonyl (C=O) groups excluding carboxylic acids is 2. The van der Waals surface area contributed by atoms with E-state index in [9.17, 15) is 14.0 Å². The van der Waals surface area contributed by atoms with Crippen molar-refractivity contribution in [3.63, 3.8) is 0 Å². The molecule has 2 atom stereocenters. The van der Waals surface area contributed by atoms with E-state index in [1.807, 2.05) is 6.07 Å². The Hall–Kier alpha value is -4.00. The first kappa shape index (κ1) is 20.9. The molecule has 2 aromatic heterocycles. The van der Waals surface area contributed by atoms with Gasteiger partial charge < -0.3 is 15.1 Å². The number of pyridine rings is 1. The predicted octanol–water partition coefficient (Wildman–Crippen LogP) is 4.81. The fraction of sp³-hybridized carbons (Fsp3) is 0.192. The second kappa shape index (κ2) is 8.50. The van der Waals surface area contributed by atoms with E-state index in [-0.39, 0.29) is 24.0 Å². The molecule has 166 valence electrons. The van der Waals surface area contributed by atoms with Crippen LogP contribution in [0.15, 0.2) is 94.0 Å². The van der Waals surface area contributed by atoms with E-state index in [2.05, 4.69) is 15.6 Å². The third kappa shape index (κ3) is 3.98. The molecule has 3 heterocycles. The van der Waals surface area contributed by atoms with Crippen LogP contribution in [0.5, 0.6) is 0 Å². The number of benzene rings is 1.